The number of aliphatic hydroxyl groups excluding tert-OH is 2. The SMILES string of the molecule is CCCCC[C@H](O)/C=C/[C@@H]1[C@H]2C/C(=C/NCCN(C)C)C[C@H]2C[C@H]1O. The Labute approximate surface area is 154 Å². The fourth-order valence-electron chi connectivity index (χ4n) is 4.35. The molecule has 2 aliphatic rings. The Bertz CT molecular complexity index is 447. The summed E-state index contributed by atoms with van der Waals surface area (Å²) in [6, 6.07) is 0. The molecule has 144 valence electrons. The molecule has 0 amide bonds. The van der Waals surface area contributed by atoms with Gasteiger partial charge in [-0.2, -0.15) is 0 Å². The van der Waals surface area contributed by atoms with Crippen molar-refractivity contribution in [2.24, 2.45) is 17.8 Å². The van der Waals surface area contributed by atoms with Crippen LogP contribution in [0.2, 0.25) is 0 Å². The lowest BCUT2D eigenvalue weighted by Crippen LogP contribution is -2.23. The molecule has 0 aliphatic heterocycles. The minimum Gasteiger partial charge on any atom is -0.392 e. The summed E-state index contributed by atoms with van der Waals surface area (Å²) in [5.41, 5.74) is 1.49. The first-order valence-corrected chi connectivity index (χ1v) is 10.1. The molecule has 2 rings (SSSR count). The molecule has 0 unspecified atom stereocenters. The van der Waals surface area contributed by atoms with E-state index in [9.17, 15) is 10.2 Å². The number of allylic oxidation sites excluding steroid dienone is 1. The van der Waals surface area contributed by atoms with Crippen LogP contribution in [0.3, 0.4) is 0 Å². The van der Waals surface area contributed by atoms with Crippen LogP contribution in [-0.4, -0.2) is 54.5 Å². The minimum absolute atomic E-state index is 0.207. The van der Waals surface area contributed by atoms with Gasteiger partial charge in [0.05, 0.1) is 12.2 Å². The molecule has 0 aromatic rings. The van der Waals surface area contributed by atoms with Crippen LogP contribution >= 0.6 is 0 Å². The van der Waals surface area contributed by atoms with E-state index in [4.69, 9.17) is 0 Å². The number of likely N-dealkylation sites (N-methyl/N-ethyl adjacent to an activating group) is 1. The van der Waals surface area contributed by atoms with Gasteiger partial charge in [0, 0.05) is 19.0 Å². The van der Waals surface area contributed by atoms with Crippen LogP contribution < -0.4 is 5.32 Å². The third kappa shape index (κ3) is 6.43. The highest BCUT2D eigenvalue weighted by molar-refractivity contribution is 5.17. The van der Waals surface area contributed by atoms with E-state index in [2.05, 4.69) is 43.5 Å². The quantitative estimate of drug-likeness (QED) is 0.419. The lowest BCUT2D eigenvalue weighted by atomic mass is 9.90. The third-order valence-electron chi connectivity index (χ3n) is 5.78. The molecule has 0 aromatic carbocycles. The van der Waals surface area contributed by atoms with Gasteiger partial charge in [-0.1, -0.05) is 43.9 Å². The van der Waals surface area contributed by atoms with Crippen LogP contribution in [0.4, 0.5) is 0 Å². The minimum atomic E-state index is -0.359. The number of fused-ring (bicyclic) bond motifs is 1. The lowest BCUT2D eigenvalue weighted by Gasteiger charge is -2.18. The number of rotatable bonds is 10. The van der Waals surface area contributed by atoms with E-state index in [1.807, 2.05) is 6.08 Å². The van der Waals surface area contributed by atoms with Crippen LogP contribution in [0, 0.1) is 17.8 Å². The van der Waals surface area contributed by atoms with E-state index in [1.54, 1.807) is 0 Å². The van der Waals surface area contributed by atoms with Gasteiger partial charge in [0.2, 0.25) is 0 Å². The summed E-state index contributed by atoms with van der Waals surface area (Å²) >= 11 is 0. The molecule has 2 aliphatic carbocycles. The van der Waals surface area contributed by atoms with Gasteiger partial charge in [-0.3, -0.25) is 0 Å². The Morgan fingerprint density at radius 3 is 2.80 bits per heavy atom. The van der Waals surface area contributed by atoms with Crippen LogP contribution in [-0.2, 0) is 0 Å². The highest BCUT2D eigenvalue weighted by atomic mass is 16.3. The fourth-order valence-corrected chi connectivity index (χ4v) is 4.35. The molecule has 4 nitrogen and oxygen atoms in total. The molecule has 2 fully saturated rings. The number of nitrogens with one attached hydrogen (secondary N) is 1. The predicted molar refractivity (Wildman–Crippen MR) is 104 cm³/mol. The van der Waals surface area contributed by atoms with E-state index in [0.29, 0.717) is 11.8 Å². The van der Waals surface area contributed by atoms with Gasteiger partial charge in [-0.25, -0.2) is 0 Å². The monoisotopic (exact) mass is 350 g/mol. The summed E-state index contributed by atoms with van der Waals surface area (Å²) in [5, 5.41) is 23.9. The van der Waals surface area contributed by atoms with E-state index in [0.717, 1.165) is 45.2 Å². The molecule has 0 aromatic heterocycles. The number of hydrogen-bond acceptors (Lipinski definition) is 4. The maximum atomic E-state index is 10.4. The summed E-state index contributed by atoms with van der Waals surface area (Å²) in [5.74, 6) is 1.35. The van der Waals surface area contributed by atoms with Crippen LogP contribution in [0.15, 0.2) is 23.9 Å². The normalized spacial score (nSPS) is 32.0. The molecule has 0 spiro atoms. The zero-order valence-electron chi connectivity index (χ0n) is 16.3. The molecule has 0 bridgehead atoms. The van der Waals surface area contributed by atoms with E-state index < -0.39 is 0 Å². The number of hydrogen-bond donors (Lipinski definition) is 3. The maximum Gasteiger partial charge on any atom is 0.0721 e. The molecule has 0 heterocycles. The first kappa shape index (κ1) is 20.5. The van der Waals surface area contributed by atoms with Gasteiger partial charge in [0.25, 0.3) is 0 Å². The Kier molecular flexibility index (Phi) is 8.47. The topological polar surface area (TPSA) is 55.7 Å². The Morgan fingerprint density at radius 2 is 2.08 bits per heavy atom. The highest BCUT2D eigenvalue weighted by Crippen LogP contribution is 2.50. The molecular weight excluding hydrogens is 312 g/mol. The molecule has 0 saturated heterocycles. The highest BCUT2D eigenvalue weighted by Gasteiger charge is 2.45. The summed E-state index contributed by atoms with van der Waals surface area (Å²) in [7, 11) is 4.17. The average Bonchev–Trinajstić information content (AvgIpc) is 3.06. The first-order chi connectivity index (χ1) is 12.0. The van der Waals surface area contributed by atoms with Gasteiger partial charge in [-0.05, 0) is 57.8 Å². The van der Waals surface area contributed by atoms with Crippen molar-refractivity contribution in [2.45, 2.75) is 64.1 Å². The van der Waals surface area contributed by atoms with E-state index in [-0.39, 0.29) is 18.1 Å². The van der Waals surface area contributed by atoms with Crippen molar-refractivity contribution in [1.82, 2.24) is 10.2 Å². The van der Waals surface area contributed by atoms with Crippen molar-refractivity contribution in [3.8, 4) is 0 Å². The zero-order chi connectivity index (χ0) is 18.2. The van der Waals surface area contributed by atoms with Crippen LogP contribution in [0.1, 0.15) is 51.9 Å². The Balaban J connectivity index is 1.82. The second-order valence-electron chi connectivity index (χ2n) is 8.22. The van der Waals surface area contributed by atoms with Crippen molar-refractivity contribution in [3.05, 3.63) is 23.9 Å². The lowest BCUT2D eigenvalue weighted by molar-refractivity contribution is 0.139. The molecule has 5 atom stereocenters. The van der Waals surface area contributed by atoms with Crippen LogP contribution in [0.5, 0.6) is 0 Å². The molecular formula is C21H38N2O2. The van der Waals surface area contributed by atoms with Gasteiger partial charge < -0.3 is 20.4 Å². The van der Waals surface area contributed by atoms with Crippen molar-refractivity contribution in [2.75, 3.05) is 27.2 Å². The van der Waals surface area contributed by atoms with Gasteiger partial charge in [0.1, 0.15) is 0 Å². The number of unbranched alkanes of at least 4 members (excludes halogenated alkanes) is 2. The fraction of sp³-hybridized carbons (Fsp3) is 0.810. The van der Waals surface area contributed by atoms with E-state index >= 15 is 0 Å². The summed E-state index contributed by atoms with van der Waals surface area (Å²) in [6.45, 7) is 4.19. The standard InChI is InChI=1S/C21H38N2O2/c1-4-5-6-7-18(24)8-9-19-20-13-16(12-17(20)14-21(19)25)15-22-10-11-23(2)3/h8-9,15,17-22,24-25H,4-7,10-14H2,1-3H3/b9-8+,16-15+/t17-,18-,19+,20-,21+/m0/s1. The molecule has 2 saturated carbocycles. The average molecular weight is 351 g/mol. The van der Waals surface area contributed by atoms with Crippen LogP contribution in [0.25, 0.3) is 0 Å². The largest absolute Gasteiger partial charge is 0.392 e. The molecule has 25 heavy (non-hydrogen) atoms. The molecule has 0 radical (unpaired) electrons. The summed E-state index contributed by atoms with van der Waals surface area (Å²) in [4.78, 5) is 2.18. The zero-order valence-corrected chi connectivity index (χ0v) is 16.3. The maximum absolute atomic E-state index is 10.4. The summed E-state index contributed by atoms with van der Waals surface area (Å²) in [6.07, 6.45) is 13.0. The van der Waals surface area contributed by atoms with Crippen molar-refractivity contribution in [1.29, 1.82) is 0 Å². The third-order valence-corrected chi connectivity index (χ3v) is 5.78. The summed E-state index contributed by atoms with van der Waals surface area (Å²) < 4.78 is 0. The Morgan fingerprint density at radius 1 is 1.28 bits per heavy atom. The second kappa shape index (κ2) is 10.3. The van der Waals surface area contributed by atoms with Crippen molar-refractivity contribution < 1.29 is 10.2 Å². The smallest absolute Gasteiger partial charge is 0.0721 e. The van der Waals surface area contributed by atoms with Crippen molar-refractivity contribution >= 4 is 0 Å². The number of aliphatic hydroxyl groups is 2. The van der Waals surface area contributed by atoms with Crippen molar-refractivity contribution in [3.63, 3.8) is 0 Å². The second-order valence-corrected chi connectivity index (χ2v) is 8.22. The number of nitrogens with zero attached hydrogens (tertiary/aromatic N) is 1. The Hall–Kier alpha value is -0.840. The first-order valence-electron chi connectivity index (χ1n) is 10.1. The van der Waals surface area contributed by atoms with Gasteiger partial charge in [0.15, 0.2) is 0 Å². The van der Waals surface area contributed by atoms with E-state index in [1.165, 1.54) is 18.4 Å². The molecule has 4 heteroatoms. The molecule has 3 N–H and O–H groups in total. The van der Waals surface area contributed by atoms with Gasteiger partial charge >= 0.3 is 0 Å². The predicted octanol–water partition coefficient (Wildman–Crippen LogP) is 2.93. The van der Waals surface area contributed by atoms with Gasteiger partial charge in [-0.15, -0.1) is 0 Å².